The van der Waals surface area contributed by atoms with Crippen molar-refractivity contribution in [3.8, 4) is 0 Å². The Bertz CT molecular complexity index is 596. The second kappa shape index (κ2) is 10.4. The molecule has 2 N–H and O–H groups in total. The number of esters is 1. The van der Waals surface area contributed by atoms with Crippen LogP contribution in [0.5, 0.6) is 0 Å². The summed E-state index contributed by atoms with van der Waals surface area (Å²) in [5, 5.41) is 5.12. The van der Waals surface area contributed by atoms with Crippen LogP contribution >= 0.6 is 0 Å². The number of carbonyl (C=O) groups is 3. The maximum Gasteiger partial charge on any atom is 0.407 e. The highest BCUT2D eigenvalue weighted by Crippen LogP contribution is 2.17. The number of carbonyl (C=O) groups excluding carboxylic acids is 3. The van der Waals surface area contributed by atoms with Gasteiger partial charge in [0.25, 0.3) is 0 Å². The SMILES string of the molecule is CNC(=O)CCCOC(=O)C(CNC(=O)OC(C)(C)C)c1ccccc1. The van der Waals surface area contributed by atoms with E-state index in [1.165, 1.54) is 0 Å². The topological polar surface area (TPSA) is 93.7 Å². The third-order valence-electron chi connectivity index (χ3n) is 3.41. The highest BCUT2D eigenvalue weighted by molar-refractivity contribution is 5.79. The van der Waals surface area contributed by atoms with Gasteiger partial charge in [0.2, 0.25) is 5.91 Å². The Kier molecular flexibility index (Phi) is 8.61. The lowest BCUT2D eigenvalue weighted by atomic mass is 9.99. The van der Waals surface area contributed by atoms with E-state index in [2.05, 4.69) is 10.6 Å². The second-order valence-corrected chi connectivity index (χ2v) is 6.79. The Labute approximate surface area is 154 Å². The van der Waals surface area contributed by atoms with Gasteiger partial charge in [-0.2, -0.15) is 0 Å². The molecule has 0 saturated carbocycles. The molecule has 144 valence electrons. The van der Waals surface area contributed by atoms with Gasteiger partial charge >= 0.3 is 12.1 Å². The minimum Gasteiger partial charge on any atom is -0.465 e. The van der Waals surface area contributed by atoms with Gasteiger partial charge < -0.3 is 20.1 Å². The largest absolute Gasteiger partial charge is 0.465 e. The van der Waals surface area contributed by atoms with Crippen LogP contribution in [0.1, 0.15) is 45.1 Å². The van der Waals surface area contributed by atoms with Crippen LogP contribution in [-0.2, 0) is 19.1 Å². The molecular weight excluding hydrogens is 336 g/mol. The predicted molar refractivity (Wildman–Crippen MR) is 97.7 cm³/mol. The number of nitrogens with one attached hydrogen (secondary N) is 2. The fourth-order valence-corrected chi connectivity index (χ4v) is 2.15. The standard InChI is InChI=1S/C19H28N2O5/c1-19(2,3)26-18(24)21-13-15(14-9-6-5-7-10-14)17(23)25-12-8-11-16(22)20-4/h5-7,9-10,15H,8,11-13H2,1-4H3,(H,20,22)(H,21,24). The first kappa shape index (κ1) is 21.5. The number of benzene rings is 1. The van der Waals surface area contributed by atoms with E-state index in [9.17, 15) is 14.4 Å². The van der Waals surface area contributed by atoms with E-state index >= 15 is 0 Å². The maximum absolute atomic E-state index is 12.4. The Morgan fingerprint density at radius 1 is 1.12 bits per heavy atom. The van der Waals surface area contributed by atoms with Crippen molar-refractivity contribution in [2.24, 2.45) is 0 Å². The summed E-state index contributed by atoms with van der Waals surface area (Å²) in [7, 11) is 1.56. The van der Waals surface area contributed by atoms with Crippen molar-refractivity contribution in [3.05, 3.63) is 35.9 Å². The monoisotopic (exact) mass is 364 g/mol. The Balaban J connectivity index is 2.63. The summed E-state index contributed by atoms with van der Waals surface area (Å²) in [5.74, 6) is -1.21. The molecule has 0 fully saturated rings. The Hall–Kier alpha value is -2.57. The molecule has 0 bridgehead atoms. The van der Waals surface area contributed by atoms with Crippen molar-refractivity contribution >= 4 is 18.0 Å². The molecule has 1 atom stereocenters. The molecule has 2 amide bonds. The summed E-state index contributed by atoms with van der Waals surface area (Å²) in [6.07, 6.45) is 0.133. The molecule has 1 rings (SSSR count). The lowest BCUT2D eigenvalue weighted by Crippen LogP contribution is -2.37. The molecule has 1 aromatic rings. The first-order valence-corrected chi connectivity index (χ1v) is 8.62. The quantitative estimate of drug-likeness (QED) is 0.546. The van der Waals surface area contributed by atoms with Crippen LogP contribution < -0.4 is 10.6 Å². The van der Waals surface area contributed by atoms with Crippen molar-refractivity contribution in [2.45, 2.75) is 45.1 Å². The van der Waals surface area contributed by atoms with Crippen LogP contribution in [0.4, 0.5) is 4.79 Å². The van der Waals surface area contributed by atoms with Gasteiger partial charge in [-0.05, 0) is 32.8 Å². The second-order valence-electron chi connectivity index (χ2n) is 6.79. The zero-order chi connectivity index (χ0) is 19.6. The molecule has 0 heterocycles. The van der Waals surface area contributed by atoms with Crippen molar-refractivity contribution in [3.63, 3.8) is 0 Å². The highest BCUT2D eigenvalue weighted by atomic mass is 16.6. The molecule has 0 radical (unpaired) electrons. The van der Waals surface area contributed by atoms with Crippen molar-refractivity contribution in [2.75, 3.05) is 20.2 Å². The van der Waals surface area contributed by atoms with Crippen molar-refractivity contribution in [1.29, 1.82) is 0 Å². The number of hydrogen-bond acceptors (Lipinski definition) is 5. The number of ether oxygens (including phenoxy) is 2. The summed E-state index contributed by atoms with van der Waals surface area (Å²) in [5.41, 5.74) is 0.118. The van der Waals surface area contributed by atoms with E-state index in [4.69, 9.17) is 9.47 Å². The third-order valence-corrected chi connectivity index (χ3v) is 3.41. The van der Waals surface area contributed by atoms with Gasteiger partial charge in [0.1, 0.15) is 5.60 Å². The average Bonchev–Trinajstić information content (AvgIpc) is 2.58. The fraction of sp³-hybridized carbons (Fsp3) is 0.526. The molecule has 1 aromatic carbocycles. The summed E-state index contributed by atoms with van der Waals surface area (Å²) in [4.78, 5) is 35.5. The Morgan fingerprint density at radius 3 is 2.35 bits per heavy atom. The third kappa shape index (κ3) is 8.50. The smallest absolute Gasteiger partial charge is 0.407 e. The zero-order valence-corrected chi connectivity index (χ0v) is 15.8. The van der Waals surface area contributed by atoms with E-state index in [1.54, 1.807) is 40.0 Å². The van der Waals surface area contributed by atoms with Gasteiger partial charge in [-0.1, -0.05) is 30.3 Å². The van der Waals surface area contributed by atoms with E-state index in [0.29, 0.717) is 6.42 Å². The van der Waals surface area contributed by atoms with Crippen LogP contribution in [0.15, 0.2) is 30.3 Å². The lowest BCUT2D eigenvalue weighted by molar-refractivity contribution is -0.145. The highest BCUT2D eigenvalue weighted by Gasteiger charge is 2.24. The molecule has 0 aliphatic heterocycles. The van der Waals surface area contributed by atoms with E-state index in [1.807, 2.05) is 18.2 Å². The summed E-state index contributed by atoms with van der Waals surface area (Å²) >= 11 is 0. The summed E-state index contributed by atoms with van der Waals surface area (Å²) in [6, 6.07) is 9.07. The van der Waals surface area contributed by atoms with Crippen LogP contribution in [-0.4, -0.2) is 43.8 Å². The van der Waals surface area contributed by atoms with Crippen LogP contribution in [0.2, 0.25) is 0 Å². The molecule has 7 nitrogen and oxygen atoms in total. The molecule has 1 unspecified atom stereocenters. The van der Waals surface area contributed by atoms with Gasteiger partial charge in [0.05, 0.1) is 12.5 Å². The Morgan fingerprint density at radius 2 is 1.77 bits per heavy atom. The van der Waals surface area contributed by atoms with Crippen LogP contribution in [0.25, 0.3) is 0 Å². The maximum atomic E-state index is 12.4. The molecular formula is C19H28N2O5. The lowest BCUT2D eigenvalue weighted by Gasteiger charge is -2.21. The van der Waals surface area contributed by atoms with Gasteiger partial charge in [-0.3, -0.25) is 9.59 Å². The number of alkyl carbamates (subject to hydrolysis) is 1. The predicted octanol–water partition coefficient (Wildman–Crippen LogP) is 2.36. The normalized spacial score (nSPS) is 12.0. The van der Waals surface area contributed by atoms with Crippen LogP contribution in [0.3, 0.4) is 0 Å². The molecule has 0 aromatic heterocycles. The molecule has 0 saturated heterocycles. The number of hydrogen-bond donors (Lipinski definition) is 2. The number of rotatable bonds is 8. The molecule has 0 aliphatic carbocycles. The molecule has 0 aliphatic rings. The average molecular weight is 364 g/mol. The van der Waals surface area contributed by atoms with Crippen molar-refractivity contribution < 1.29 is 23.9 Å². The summed E-state index contributed by atoms with van der Waals surface area (Å²) in [6.45, 7) is 5.50. The van der Waals surface area contributed by atoms with E-state index in [-0.39, 0.29) is 25.5 Å². The first-order valence-electron chi connectivity index (χ1n) is 8.62. The number of amides is 2. The van der Waals surface area contributed by atoms with Gasteiger partial charge in [-0.25, -0.2) is 4.79 Å². The first-order chi connectivity index (χ1) is 12.2. The van der Waals surface area contributed by atoms with E-state index < -0.39 is 23.6 Å². The van der Waals surface area contributed by atoms with Gasteiger partial charge in [-0.15, -0.1) is 0 Å². The minimum absolute atomic E-state index is 0.0627. The van der Waals surface area contributed by atoms with Crippen molar-refractivity contribution in [1.82, 2.24) is 10.6 Å². The van der Waals surface area contributed by atoms with Gasteiger partial charge in [0.15, 0.2) is 0 Å². The molecule has 0 spiro atoms. The fourth-order valence-electron chi connectivity index (χ4n) is 2.15. The molecule has 26 heavy (non-hydrogen) atoms. The summed E-state index contributed by atoms with van der Waals surface area (Å²) < 4.78 is 10.5. The van der Waals surface area contributed by atoms with Crippen LogP contribution in [0, 0.1) is 0 Å². The molecule has 7 heteroatoms. The van der Waals surface area contributed by atoms with E-state index in [0.717, 1.165) is 5.56 Å². The zero-order valence-electron chi connectivity index (χ0n) is 15.8. The minimum atomic E-state index is -0.649. The van der Waals surface area contributed by atoms with Gasteiger partial charge in [0, 0.05) is 20.0 Å².